The van der Waals surface area contributed by atoms with Gasteiger partial charge in [-0.05, 0) is 37.5 Å². The molecule has 2 aromatic rings. The van der Waals surface area contributed by atoms with Gasteiger partial charge in [0.2, 0.25) is 5.91 Å². The highest BCUT2D eigenvalue weighted by Gasteiger charge is 2.36. The highest BCUT2D eigenvalue weighted by Crippen LogP contribution is 2.23. The van der Waals surface area contributed by atoms with Crippen LogP contribution in [0.5, 0.6) is 0 Å². The lowest BCUT2D eigenvalue weighted by Crippen LogP contribution is -2.55. The molecular formula is C21H25N3O2. The molecule has 0 saturated carbocycles. The molecule has 1 aliphatic rings. The number of hydrogen-bond donors (Lipinski definition) is 2. The molecule has 1 unspecified atom stereocenters. The fourth-order valence-corrected chi connectivity index (χ4v) is 3.32. The van der Waals surface area contributed by atoms with E-state index in [0.29, 0.717) is 18.7 Å². The molecule has 2 aromatic carbocycles. The van der Waals surface area contributed by atoms with Crippen molar-refractivity contribution < 1.29 is 9.59 Å². The Balaban J connectivity index is 1.56. The Hall–Kier alpha value is -2.66. The molecule has 0 aromatic heterocycles. The van der Waals surface area contributed by atoms with Gasteiger partial charge in [0.25, 0.3) is 5.91 Å². The number of carbonyl (C=O) groups is 2. The standard InChI is InChI=1S/C21H25N3O2/c1-21(22,17-10-6-3-7-11-17)20(26)24-14-12-18(13-15-24)23-19(25)16-8-4-2-5-9-16/h2-11,18H,12-15,22H2,1H3,(H,23,25). The van der Waals surface area contributed by atoms with Crippen LogP contribution in [0.3, 0.4) is 0 Å². The average molecular weight is 351 g/mol. The Morgan fingerprint density at radius 3 is 2.12 bits per heavy atom. The van der Waals surface area contributed by atoms with Crippen LogP contribution in [0, 0.1) is 0 Å². The van der Waals surface area contributed by atoms with E-state index in [4.69, 9.17) is 5.73 Å². The number of nitrogens with two attached hydrogens (primary N) is 1. The van der Waals surface area contributed by atoms with Crippen molar-refractivity contribution in [3.05, 3.63) is 71.8 Å². The first-order chi connectivity index (χ1) is 12.5. The number of amides is 2. The predicted octanol–water partition coefficient (Wildman–Crippen LogP) is 2.28. The zero-order valence-corrected chi connectivity index (χ0v) is 15.0. The van der Waals surface area contributed by atoms with Crippen molar-refractivity contribution in [1.82, 2.24) is 10.2 Å². The van der Waals surface area contributed by atoms with Gasteiger partial charge < -0.3 is 16.0 Å². The van der Waals surface area contributed by atoms with Gasteiger partial charge in [0.15, 0.2) is 0 Å². The van der Waals surface area contributed by atoms with E-state index in [0.717, 1.165) is 18.4 Å². The normalized spacial score (nSPS) is 17.4. The molecule has 3 rings (SSSR count). The van der Waals surface area contributed by atoms with E-state index in [9.17, 15) is 9.59 Å². The molecule has 1 heterocycles. The van der Waals surface area contributed by atoms with Crippen molar-refractivity contribution in [3.8, 4) is 0 Å². The van der Waals surface area contributed by atoms with E-state index in [2.05, 4.69) is 5.32 Å². The van der Waals surface area contributed by atoms with Crippen molar-refractivity contribution in [1.29, 1.82) is 0 Å². The van der Waals surface area contributed by atoms with Crippen molar-refractivity contribution in [2.24, 2.45) is 5.73 Å². The molecule has 2 amide bonds. The Morgan fingerprint density at radius 2 is 1.54 bits per heavy atom. The van der Waals surface area contributed by atoms with Gasteiger partial charge in [-0.15, -0.1) is 0 Å². The fourth-order valence-electron chi connectivity index (χ4n) is 3.32. The summed E-state index contributed by atoms with van der Waals surface area (Å²) in [5, 5.41) is 3.06. The molecule has 1 aliphatic heterocycles. The van der Waals surface area contributed by atoms with Crippen LogP contribution in [0.4, 0.5) is 0 Å². The monoisotopic (exact) mass is 351 g/mol. The van der Waals surface area contributed by atoms with Crippen LogP contribution < -0.4 is 11.1 Å². The third-order valence-corrected chi connectivity index (χ3v) is 4.97. The lowest BCUT2D eigenvalue weighted by Gasteiger charge is -2.37. The van der Waals surface area contributed by atoms with E-state index < -0.39 is 5.54 Å². The van der Waals surface area contributed by atoms with E-state index in [1.165, 1.54) is 0 Å². The molecule has 1 saturated heterocycles. The summed E-state index contributed by atoms with van der Waals surface area (Å²) < 4.78 is 0. The second kappa shape index (κ2) is 7.70. The molecule has 1 atom stereocenters. The number of hydrogen-bond acceptors (Lipinski definition) is 3. The van der Waals surface area contributed by atoms with Gasteiger partial charge in [0, 0.05) is 24.7 Å². The van der Waals surface area contributed by atoms with Crippen LogP contribution in [-0.2, 0) is 10.3 Å². The van der Waals surface area contributed by atoms with Crippen LogP contribution in [0.1, 0.15) is 35.7 Å². The first-order valence-corrected chi connectivity index (χ1v) is 8.98. The Labute approximate surface area is 154 Å². The predicted molar refractivity (Wildman–Crippen MR) is 101 cm³/mol. The second-order valence-corrected chi connectivity index (χ2v) is 6.97. The fraction of sp³-hybridized carbons (Fsp3) is 0.333. The highest BCUT2D eigenvalue weighted by atomic mass is 16.2. The minimum absolute atomic E-state index is 0.0664. The average Bonchev–Trinajstić information content (AvgIpc) is 2.69. The topological polar surface area (TPSA) is 75.4 Å². The molecule has 0 bridgehead atoms. The van der Waals surface area contributed by atoms with E-state index >= 15 is 0 Å². The third-order valence-electron chi connectivity index (χ3n) is 4.97. The van der Waals surface area contributed by atoms with Gasteiger partial charge >= 0.3 is 0 Å². The summed E-state index contributed by atoms with van der Waals surface area (Å²) in [5.41, 5.74) is 6.77. The first kappa shape index (κ1) is 18.1. The summed E-state index contributed by atoms with van der Waals surface area (Å²) >= 11 is 0. The van der Waals surface area contributed by atoms with Crippen molar-refractivity contribution in [2.45, 2.75) is 31.3 Å². The molecule has 26 heavy (non-hydrogen) atoms. The van der Waals surface area contributed by atoms with Gasteiger partial charge in [0.05, 0.1) is 0 Å². The maximum Gasteiger partial charge on any atom is 0.251 e. The first-order valence-electron chi connectivity index (χ1n) is 8.98. The Morgan fingerprint density at radius 1 is 1.00 bits per heavy atom. The van der Waals surface area contributed by atoms with Crippen LogP contribution in [0.15, 0.2) is 60.7 Å². The number of rotatable bonds is 4. The molecule has 5 nitrogen and oxygen atoms in total. The van der Waals surface area contributed by atoms with Crippen molar-refractivity contribution in [3.63, 3.8) is 0 Å². The van der Waals surface area contributed by atoms with Gasteiger partial charge in [-0.1, -0.05) is 48.5 Å². The number of nitrogens with one attached hydrogen (secondary N) is 1. The molecular weight excluding hydrogens is 326 g/mol. The third kappa shape index (κ3) is 3.94. The number of nitrogens with zero attached hydrogens (tertiary/aromatic N) is 1. The van der Waals surface area contributed by atoms with Crippen molar-refractivity contribution >= 4 is 11.8 Å². The summed E-state index contributed by atoms with van der Waals surface area (Å²) in [6.45, 7) is 2.95. The quantitative estimate of drug-likeness (QED) is 0.887. The number of carbonyl (C=O) groups excluding carboxylic acids is 2. The summed E-state index contributed by atoms with van der Waals surface area (Å²) in [7, 11) is 0. The second-order valence-electron chi connectivity index (χ2n) is 6.97. The van der Waals surface area contributed by atoms with Gasteiger partial charge in [-0.2, -0.15) is 0 Å². The van der Waals surface area contributed by atoms with Crippen LogP contribution >= 0.6 is 0 Å². The largest absolute Gasteiger partial charge is 0.349 e. The minimum Gasteiger partial charge on any atom is -0.349 e. The van der Waals surface area contributed by atoms with Crippen LogP contribution in [0.25, 0.3) is 0 Å². The zero-order chi connectivity index (χ0) is 18.6. The van der Waals surface area contributed by atoms with E-state index in [-0.39, 0.29) is 17.9 Å². The maximum atomic E-state index is 12.9. The lowest BCUT2D eigenvalue weighted by atomic mass is 9.90. The number of likely N-dealkylation sites (tertiary alicyclic amines) is 1. The van der Waals surface area contributed by atoms with Crippen molar-refractivity contribution in [2.75, 3.05) is 13.1 Å². The smallest absolute Gasteiger partial charge is 0.251 e. The molecule has 0 spiro atoms. The molecule has 1 fully saturated rings. The van der Waals surface area contributed by atoms with E-state index in [1.54, 1.807) is 24.0 Å². The minimum atomic E-state index is -1.04. The maximum absolute atomic E-state index is 12.9. The summed E-state index contributed by atoms with van der Waals surface area (Å²) in [5.74, 6) is -0.139. The van der Waals surface area contributed by atoms with Gasteiger partial charge in [-0.25, -0.2) is 0 Å². The van der Waals surface area contributed by atoms with Crippen LogP contribution in [-0.4, -0.2) is 35.8 Å². The molecule has 0 radical (unpaired) electrons. The lowest BCUT2D eigenvalue weighted by molar-refractivity contribution is -0.137. The molecule has 136 valence electrons. The zero-order valence-electron chi connectivity index (χ0n) is 15.0. The summed E-state index contributed by atoms with van der Waals surface area (Å²) in [6.07, 6.45) is 1.46. The number of piperidine rings is 1. The highest BCUT2D eigenvalue weighted by molar-refractivity contribution is 5.94. The Kier molecular flexibility index (Phi) is 5.38. The summed E-state index contributed by atoms with van der Waals surface area (Å²) in [4.78, 5) is 26.9. The summed E-state index contributed by atoms with van der Waals surface area (Å²) in [6, 6.07) is 18.7. The van der Waals surface area contributed by atoms with Crippen LogP contribution in [0.2, 0.25) is 0 Å². The molecule has 3 N–H and O–H groups in total. The molecule has 5 heteroatoms. The molecule has 0 aliphatic carbocycles. The SMILES string of the molecule is CC(N)(C(=O)N1CCC(NC(=O)c2ccccc2)CC1)c1ccccc1. The Bertz CT molecular complexity index is 751. The van der Waals surface area contributed by atoms with Gasteiger partial charge in [0.1, 0.15) is 5.54 Å². The van der Waals surface area contributed by atoms with E-state index in [1.807, 2.05) is 48.5 Å². The van der Waals surface area contributed by atoms with Gasteiger partial charge in [-0.3, -0.25) is 9.59 Å². The number of benzene rings is 2.